The number of rotatable bonds is 27. The van der Waals surface area contributed by atoms with Crippen molar-refractivity contribution in [2.24, 2.45) is 0 Å². The molecule has 0 fully saturated rings. The van der Waals surface area contributed by atoms with Crippen LogP contribution in [-0.2, 0) is 19.1 Å². The maximum Gasteiger partial charge on any atom is 0.319 e. The number of carbonyl (C=O) groups excluding carboxylic acids is 2. The van der Waals surface area contributed by atoms with Gasteiger partial charge in [-0.3, -0.25) is 9.59 Å². The summed E-state index contributed by atoms with van der Waals surface area (Å²) in [5.41, 5.74) is 0. The zero-order valence-electron chi connectivity index (χ0n) is 23.5. The van der Waals surface area contributed by atoms with E-state index in [2.05, 4.69) is 45.7 Å². The van der Waals surface area contributed by atoms with E-state index in [0.29, 0.717) is 13.2 Å². The van der Waals surface area contributed by atoms with E-state index in [1.807, 2.05) is 0 Å². The van der Waals surface area contributed by atoms with Crippen LogP contribution in [0, 0.1) is 0 Å². The van der Waals surface area contributed by atoms with E-state index >= 15 is 0 Å². The Labute approximate surface area is 240 Å². The molecule has 0 saturated heterocycles. The molecular weight excluding hydrogens is 584 g/mol. The Kier molecular flexibility index (Phi) is 27.8. The highest BCUT2D eigenvalue weighted by Gasteiger charge is 2.15. The molecule has 0 aliphatic heterocycles. The fourth-order valence-corrected chi connectivity index (χ4v) is 5.48. The Balaban J connectivity index is 3.19. The van der Waals surface area contributed by atoms with Crippen LogP contribution >= 0.6 is 31.9 Å². The van der Waals surface area contributed by atoms with Gasteiger partial charge in [-0.1, -0.05) is 161 Å². The first-order valence-corrected chi connectivity index (χ1v) is 17.0. The monoisotopic (exact) mass is 638 g/mol. The second-order valence-corrected chi connectivity index (χ2v) is 12.4. The molecule has 4 nitrogen and oxygen atoms in total. The van der Waals surface area contributed by atoms with Crippen molar-refractivity contribution in [2.45, 2.75) is 165 Å². The quantitative estimate of drug-likeness (QED) is 0.0510. The van der Waals surface area contributed by atoms with Crippen LogP contribution in [0.5, 0.6) is 0 Å². The highest BCUT2D eigenvalue weighted by molar-refractivity contribution is 9.10. The Hall–Kier alpha value is -0.100. The van der Waals surface area contributed by atoms with Crippen LogP contribution in [0.2, 0.25) is 0 Å². The highest BCUT2D eigenvalue weighted by Crippen LogP contribution is 2.15. The molecule has 0 saturated carbocycles. The molecule has 0 aromatic carbocycles. The molecule has 0 N–H and O–H groups in total. The number of halogens is 2. The molecule has 0 aliphatic rings. The van der Waals surface area contributed by atoms with E-state index in [4.69, 9.17) is 9.47 Å². The summed E-state index contributed by atoms with van der Waals surface area (Å²) in [6.07, 6.45) is 26.9. The number of carbonyl (C=O) groups is 2. The van der Waals surface area contributed by atoms with Crippen LogP contribution in [0.15, 0.2) is 0 Å². The number of ether oxygens (including phenoxy) is 2. The second kappa shape index (κ2) is 27.9. The van der Waals surface area contributed by atoms with Crippen molar-refractivity contribution in [1.29, 1.82) is 0 Å². The fraction of sp³-hybridized carbons (Fsp3) is 0.933. The maximum atomic E-state index is 11.7. The Morgan fingerprint density at radius 2 is 0.694 bits per heavy atom. The molecule has 0 aromatic heterocycles. The third kappa shape index (κ3) is 24.2. The SMILES string of the molecule is CCCC(Br)C(=O)OCCCCCCCCCCCCCCCCCCCCOC(=O)C(Br)CCC. The average Bonchev–Trinajstić information content (AvgIpc) is 2.87. The summed E-state index contributed by atoms with van der Waals surface area (Å²) in [5.74, 6) is -0.202. The lowest BCUT2D eigenvalue weighted by Crippen LogP contribution is -2.17. The molecule has 0 aromatic rings. The van der Waals surface area contributed by atoms with Crippen molar-refractivity contribution in [3.63, 3.8) is 0 Å². The van der Waals surface area contributed by atoms with Gasteiger partial charge in [0.2, 0.25) is 0 Å². The van der Waals surface area contributed by atoms with Gasteiger partial charge < -0.3 is 9.47 Å². The van der Waals surface area contributed by atoms with Gasteiger partial charge in [0.25, 0.3) is 0 Å². The van der Waals surface area contributed by atoms with Crippen molar-refractivity contribution in [2.75, 3.05) is 13.2 Å². The first kappa shape index (κ1) is 35.9. The lowest BCUT2D eigenvalue weighted by Gasteiger charge is -2.09. The fourth-order valence-electron chi connectivity index (χ4n) is 4.30. The molecule has 0 amide bonds. The molecule has 2 atom stereocenters. The third-order valence-corrected chi connectivity index (χ3v) is 8.29. The standard InChI is InChI=1S/C30H56Br2O4/c1-3-23-27(31)29(33)35-25-21-19-17-15-13-11-9-7-5-6-8-10-12-14-16-18-20-22-26-36-30(34)28(32)24-4-2/h27-28H,3-26H2,1-2H3. The predicted molar refractivity (Wildman–Crippen MR) is 160 cm³/mol. The number of esters is 2. The molecule has 0 rings (SSSR count). The van der Waals surface area contributed by atoms with Gasteiger partial charge in [-0.25, -0.2) is 0 Å². The first-order chi connectivity index (χ1) is 17.5. The smallest absolute Gasteiger partial charge is 0.319 e. The van der Waals surface area contributed by atoms with Crippen LogP contribution in [0.4, 0.5) is 0 Å². The zero-order valence-corrected chi connectivity index (χ0v) is 26.7. The minimum Gasteiger partial charge on any atom is -0.465 e. The van der Waals surface area contributed by atoms with E-state index in [1.165, 1.54) is 103 Å². The zero-order chi connectivity index (χ0) is 26.7. The number of unbranched alkanes of at least 4 members (excludes halogenated alkanes) is 17. The molecule has 36 heavy (non-hydrogen) atoms. The summed E-state index contributed by atoms with van der Waals surface area (Å²) < 4.78 is 10.6. The molecule has 6 heteroatoms. The van der Waals surface area contributed by atoms with Crippen molar-refractivity contribution in [1.82, 2.24) is 0 Å². The van der Waals surface area contributed by atoms with Crippen molar-refractivity contribution >= 4 is 43.8 Å². The molecule has 0 bridgehead atoms. The van der Waals surface area contributed by atoms with E-state index in [1.54, 1.807) is 0 Å². The summed E-state index contributed by atoms with van der Waals surface area (Å²) in [6.45, 7) is 5.29. The molecule has 2 unspecified atom stereocenters. The molecule has 0 spiro atoms. The summed E-state index contributed by atoms with van der Waals surface area (Å²) in [5, 5.41) is 0. The van der Waals surface area contributed by atoms with Crippen molar-refractivity contribution < 1.29 is 19.1 Å². The van der Waals surface area contributed by atoms with Crippen LogP contribution in [0.3, 0.4) is 0 Å². The Bertz CT molecular complexity index is 457. The van der Waals surface area contributed by atoms with Gasteiger partial charge in [0, 0.05) is 0 Å². The van der Waals surface area contributed by atoms with Gasteiger partial charge >= 0.3 is 11.9 Å². The molecular formula is C30H56Br2O4. The summed E-state index contributed by atoms with van der Waals surface area (Å²) in [7, 11) is 0. The molecule has 0 aliphatic carbocycles. The first-order valence-electron chi connectivity index (χ1n) is 15.1. The maximum absolute atomic E-state index is 11.7. The lowest BCUT2D eigenvalue weighted by molar-refractivity contribution is -0.144. The number of alkyl halides is 2. The van der Waals surface area contributed by atoms with Gasteiger partial charge in [0.05, 0.1) is 13.2 Å². The second-order valence-electron chi connectivity index (χ2n) is 10.2. The molecule has 0 radical (unpaired) electrons. The predicted octanol–water partition coefficient (Wildman–Crippen LogP) is 10.2. The summed E-state index contributed by atoms with van der Waals surface area (Å²) in [6, 6.07) is 0. The largest absolute Gasteiger partial charge is 0.465 e. The van der Waals surface area contributed by atoms with Gasteiger partial charge in [-0.15, -0.1) is 0 Å². The highest BCUT2D eigenvalue weighted by atomic mass is 79.9. The topological polar surface area (TPSA) is 52.6 Å². The van der Waals surface area contributed by atoms with Gasteiger partial charge in [0.1, 0.15) is 9.65 Å². The van der Waals surface area contributed by atoms with Crippen molar-refractivity contribution in [3.05, 3.63) is 0 Å². The van der Waals surface area contributed by atoms with E-state index in [9.17, 15) is 9.59 Å². The van der Waals surface area contributed by atoms with Crippen molar-refractivity contribution in [3.8, 4) is 0 Å². The summed E-state index contributed by atoms with van der Waals surface area (Å²) in [4.78, 5) is 23.1. The number of hydrogen-bond donors (Lipinski definition) is 0. The minimum atomic E-state index is -0.132. The third-order valence-electron chi connectivity index (χ3n) is 6.62. The molecule has 0 heterocycles. The number of hydrogen-bond acceptors (Lipinski definition) is 4. The Morgan fingerprint density at radius 1 is 0.472 bits per heavy atom. The minimum absolute atomic E-state index is 0.101. The van der Waals surface area contributed by atoms with E-state index < -0.39 is 0 Å². The van der Waals surface area contributed by atoms with Crippen LogP contribution in [0.1, 0.15) is 155 Å². The normalized spacial score (nSPS) is 12.9. The van der Waals surface area contributed by atoms with Gasteiger partial charge in [-0.2, -0.15) is 0 Å². The average molecular weight is 641 g/mol. The Morgan fingerprint density at radius 3 is 0.917 bits per heavy atom. The van der Waals surface area contributed by atoms with Crippen LogP contribution in [-0.4, -0.2) is 34.8 Å². The summed E-state index contributed by atoms with van der Waals surface area (Å²) >= 11 is 6.77. The van der Waals surface area contributed by atoms with Crippen LogP contribution in [0.25, 0.3) is 0 Å². The van der Waals surface area contributed by atoms with E-state index in [-0.39, 0.29) is 21.6 Å². The lowest BCUT2D eigenvalue weighted by atomic mass is 10.0. The van der Waals surface area contributed by atoms with Crippen LogP contribution < -0.4 is 0 Å². The van der Waals surface area contributed by atoms with Gasteiger partial charge in [0.15, 0.2) is 0 Å². The van der Waals surface area contributed by atoms with E-state index in [0.717, 1.165) is 38.5 Å². The van der Waals surface area contributed by atoms with Gasteiger partial charge in [-0.05, 0) is 25.7 Å². The molecule has 214 valence electrons.